The smallest absolute Gasteiger partial charge is 0.223 e. The molecule has 1 atom stereocenters. The lowest BCUT2D eigenvalue weighted by Gasteiger charge is -2.33. The number of anilines is 1. The molecule has 0 bridgehead atoms. The Morgan fingerprint density at radius 3 is 2.78 bits per heavy atom. The molecular weight excluding hydrogens is 385 g/mol. The summed E-state index contributed by atoms with van der Waals surface area (Å²) in [6, 6.07) is 8.77. The van der Waals surface area contributed by atoms with Crippen LogP contribution in [-0.4, -0.2) is 29.7 Å². The second kappa shape index (κ2) is 8.07. The molecule has 0 aliphatic carbocycles. The van der Waals surface area contributed by atoms with E-state index in [1.165, 1.54) is 17.8 Å². The van der Waals surface area contributed by atoms with Gasteiger partial charge in [-0.05, 0) is 43.0 Å². The third-order valence-corrected chi connectivity index (χ3v) is 6.63. The third-order valence-electron chi connectivity index (χ3n) is 5.24. The number of pyridine rings is 1. The number of amides is 1. The third kappa shape index (κ3) is 4.06. The maximum absolute atomic E-state index is 14.0. The number of hydrogen-bond donors (Lipinski definition) is 1. The van der Waals surface area contributed by atoms with E-state index in [1.54, 1.807) is 12.3 Å². The number of carbonyl (C=O) groups is 1. The minimum atomic E-state index is -0.194. The quantitative estimate of drug-likeness (QED) is 0.819. The van der Waals surface area contributed by atoms with Crippen LogP contribution in [0.15, 0.2) is 41.4 Å². The van der Waals surface area contributed by atoms with E-state index in [0.717, 1.165) is 49.5 Å². The first-order valence-corrected chi connectivity index (χ1v) is 10.6. The molecule has 2 aliphatic rings. The second-order valence-electron chi connectivity index (χ2n) is 6.95. The normalized spacial score (nSPS) is 20.2. The molecule has 1 unspecified atom stereocenters. The average Bonchev–Trinajstić information content (AvgIpc) is 2.69. The van der Waals surface area contributed by atoms with Gasteiger partial charge < -0.3 is 10.2 Å². The van der Waals surface area contributed by atoms with Crippen LogP contribution in [0.4, 0.5) is 10.2 Å². The van der Waals surface area contributed by atoms with Gasteiger partial charge in [0.1, 0.15) is 11.6 Å². The summed E-state index contributed by atoms with van der Waals surface area (Å²) in [5.74, 6) is 1.58. The molecular formula is C20H21ClFN3OS. The Balaban J connectivity index is 1.37. The van der Waals surface area contributed by atoms with Crippen LogP contribution in [-0.2, 0) is 4.79 Å². The minimum absolute atomic E-state index is 0.0138. The van der Waals surface area contributed by atoms with Gasteiger partial charge in [0.25, 0.3) is 0 Å². The minimum Gasteiger partial charge on any atom is -0.357 e. The molecule has 1 amide bonds. The number of hydrogen-bond acceptors (Lipinski definition) is 4. The van der Waals surface area contributed by atoms with Gasteiger partial charge in [0.2, 0.25) is 5.91 Å². The summed E-state index contributed by atoms with van der Waals surface area (Å²) in [6.07, 6.45) is 4.05. The van der Waals surface area contributed by atoms with E-state index >= 15 is 0 Å². The largest absolute Gasteiger partial charge is 0.357 e. The zero-order chi connectivity index (χ0) is 18.8. The Morgan fingerprint density at radius 1 is 1.22 bits per heavy atom. The van der Waals surface area contributed by atoms with E-state index in [0.29, 0.717) is 9.92 Å². The fourth-order valence-corrected chi connectivity index (χ4v) is 5.00. The summed E-state index contributed by atoms with van der Waals surface area (Å²) in [5.41, 5.74) is 0.905. The van der Waals surface area contributed by atoms with E-state index in [-0.39, 0.29) is 23.7 Å². The molecule has 1 aromatic carbocycles. The number of fused-ring (bicyclic) bond motifs is 1. The van der Waals surface area contributed by atoms with Crippen LogP contribution in [0.25, 0.3) is 0 Å². The van der Waals surface area contributed by atoms with E-state index < -0.39 is 0 Å². The highest BCUT2D eigenvalue weighted by Gasteiger charge is 2.29. The molecule has 3 heterocycles. The van der Waals surface area contributed by atoms with Crippen molar-refractivity contribution in [2.75, 3.05) is 23.7 Å². The van der Waals surface area contributed by atoms with Gasteiger partial charge >= 0.3 is 0 Å². The van der Waals surface area contributed by atoms with Crippen molar-refractivity contribution in [1.29, 1.82) is 0 Å². The summed E-state index contributed by atoms with van der Waals surface area (Å²) in [7, 11) is 0. The van der Waals surface area contributed by atoms with E-state index in [9.17, 15) is 9.18 Å². The van der Waals surface area contributed by atoms with Crippen LogP contribution in [0.5, 0.6) is 0 Å². The van der Waals surface area contributed by atoms with Crippen molar-refractivity contribution in [3.8, 4) is 0 Å². The molecule has 27 heavy (non-hydrogen) atoms. The van der Waals surface area contributed by atoms with Gasteiger partial charge in [-0.3, -0.25) is 4.79 Å². The predicted molar refractivity (Wildman–Crippen MR) is 107 cm³/mol. The number of halogens is 2. The van der Waals surface area contributed by atoms with Gasteiger partial charge in [0, 0.05) is 35.9 Å². The van der Waals surface area contributed by atoms with Crippen molar-refractivity contribution in [2.45, 2.75) is 30.2 Å². The number of nitrogens with one attached hydrogen (secondary N) is 1. The molecule has 0 spiro atoms. The molecule has 1 saturated heterocycles. The van der Waals surface area contributed by atoms with Crippen LogP contribution in [0.3, 0.4) is 0 Å². The highest BCUT2D eigenvalue weighted by molar-refractivity contribution is 7.99. The SMILES string of the molecule is O=C(NC1CCSc2c(F)cccc21)C1CCN(c2ccc(Cl)cn2)CC1. The molecule has 1 fully saturated rings. The summed E-state index contributed by atoms with van der Waals surface area (Å²) < 4.78 is 14.0. The van der Waals surface area contributed by atoms with Gasteiger partial charge in [-0.15, -0.1) is 11.8 Å². The fourth-order valence-electron chi connectivity index (χ4n) is 3.75. The number of rotatable bonds is 3. The summed E-state index contributed by atoms with van der Waals surface area (Å²) in [6.45, 7) is 1.58. The number of benzene rings is 1. The lowest BCUT2D eigenvalue weighted by molar-refractivity contribution is -0.126. The van der Waals surface area contributed by atoms with Crippen LogP contribution in [0, 0.1) is 11.7 Å². The Bertz CT molecular complexity index is 824. The molecule has 1 aromatic heterocycles. The van der Waals surface area contributed by atoms with Crippen molar-refractivity contribution in [1.82, 2.24) is 10.3 Å². The zero-order valence-electron chi connectivity index (χ0n) is 14.8. The highest BCUT2D eigenvalue weighted by atomic mass is 35.5. The first-order valence-electron chi connectivity index (χ1n) is 9.20. The van der Waals surface area contributed by atoms with Gasteiger partial charge in [-0.25, -0.2) is 9.37 Å². The summed E-state index contributed by atoms with van der Waals surface area (Å²) in [5, 5.41) is 3.78. The molecule has 142 valence electrons. The summed E-state index contributed by atoms with van der Waals surface area (Å²) in [4.78, 5) is 20.0. The standard InChI is InChI=1S/C20H21ClFN3OS/c21-14-4-5-18(23-12-14)25-9-6-13(7-10-25)20(26)24-17-8-11-27-19-15(17)2-1-3-16(19)22/h1-5,12-13,17H,6-11H2,(H,24,26). The first-order chi connectivity index (χ1) is 13.1. The molecule has 4 nitrogen and oxygen atoms in total. The van der Waals surface area contributed by atoms with Gasteiger partial charge in [-0.1, -0.05) is 23.7 Å². The van der Waals surface area contributed by atoms with Crippen molar-refractivity contribution in [3.05, 3.63) is 52.9 Å². The van der Waals surface area contributed by atoms with Crippen LogP contribution in [0.1, 0.15) is 30.9 Å². The van der Waals surface area contributed by atoms with Crippen LogP contribution < -0.4 is 10.2 Å². The van der Waals surface area contributed by atoms with Gasteiger partial charge in [-0.2, -0.15) is 0 Å². The van der Waals surface area contributed by atoms with Crippen molar-refractivity contribution >= 4 is 35.1 Å². The zero-order valence-corrected chi connectivity index (χ0v) is 16.4. The molecule has 0 saturated carbocycles. The van der Waals surface area contributed by atoms with E-state index in [2.05, 4.69) is 15.2 Å². The van der Waals surface area contributed by atoms with Crippen molar-refractivity contribution in [2.24, 2.45) is 5.92 Å². The van der Waals surface area contributed by atoms with Crippen molar-refractivity contribution < 1.29 is 9.18 Å². The Kier molecular flexibility index (Phi) is 5.55. The molecule has 2 aliphatic heterocycles. The molecule has 0 radical (unpaired) electrons. The van der Waals surface area contributed by atoms with E-state index in [1.807, 2.05) is 18.2 Å². The van der Waals surface area contributed by atoms with Gasteiger partial charge in [0.15, 0.2) is 0 Å². The Labute approximate surface area is 167 Å². The topological polar surface area (TPSA) is 45.2 Å². The lowest BCUT2D eigenvalue weighted by Crippen LogP contribution is -2.42. The van der Waals surface area contributed by atoms with Crippen LogP contribution in [0.2, 0.25) is 5.02 Å². The molecule has 1 N–H and O–H groups in total. The maximum Gasteiger partial charge on any atom is 0.223 e. The molecule has 2 aromatic rings. The second-order valence-corrected chi connectivity index (χ2v) is 8.49. The lowest BCUT2D eigenvalue weighted by atomic mass is 9.94. The average molecular weight is 406 g/mol. The Hall–Kier alpha value is -1.79. The monoisotopic (exact) mass is 405 g/mol. The molecule has 7 heteroatoms. The summed E-state index contributed by atoms with van der Waals surface area (Å²) >= 11 is 7.43. The number of carbonyl (C=O) groups excluding carboxylic acids is 1. The molecule has 4 rings (SSSR count). The predicted octanol–water partition coefficient (Wildman–Crippen LogP) is 4.44. The number of thioether (sulfide) groups is 1. The number of piperidine rings is 1. The fraction of sp³-hybridized carbons (Fsp3) is 0.400. The Morgan fingerprint density at radius 2 is 2.04 bits per heavy atom. The maximum atomic E-state index is 14.0. The first kappa shape index (κ1) is 18.6. The van der Waals surface area contributed by atoms with Crippen molar-refractivity contribution in [3.63, 3.8) is 0 Å². The number of aromatic nitrogens is 1. The van der Waals surface area contributed by atoms with Gasteiger partial charge in [0.05, 0.1) is 11.1 Å². The van der Waals surface area contributed by atoms with E-state index in [4.69, 9.17) is 11.6 Å². The van der Waals surface area contributed by atoms with Crippen LogP contribution >= 0.6 is 23.4 Å². The highest BCUT2D eigenvalue weighted by Crippen LogP contribution is 2.38. The number of nitrogens with zero attached hydrogens (tertiary/aromatic N) is 2.